The first-order valence-corrected chi connectivity index (χ1v) is 31.2. The van der Waals surface area contributed by atoms with Crippen LogP contribution in [0.2, 0.25) is 0 Å². The number of hydrogen-bond donors (Lipinski definition) is 0. The van der Waals surface area contributed by atoms with E-state index in [1.165, 1.54) is 121 Å². The van der Waals surface area contributed by atoms with Crippen molar-refractivity contribution in [3.63, 3.8) is 0 Å². The van der Waals surface area contributed by atoms with Crippen LogP contribution in [0.4, 0.5) is 4.79 Å². The third kappa shape index (κ3) is 22.4. The first-order chi connectivity index (χ1) is 37.3. The molecule has 0 N–H and O–H groups in total. The summed E-state index contributed by atoms with van der Waals surface area (Å²) in [5.74, 6) is -0.548. The zero-order chi connectivity index (χ0) is 55.1. The fraction of sp³-hybridized carbons (Fsp3) is 0.785. The fourth-order valence-corrected chi connectivity index (χ4v) is 13.4. The van der Waals surface area contributed by atoms with Crippen molar-refractivity contribution in [2.45, 2.75) is 284 Å². The van der Waals surface area contributed by atoms with Gasteiger partial charge in [-0.15, -0.1) is 0 Å². The molecule has 0 radical (unpaired) electrons. The number of benzene rings is 1. The number of esters is 4. The molecule has 4 aliphatic rings. The lowest BCUT2D eigenvalue weighted by Gasteiger charge is -2.57. The number of carbonyl (C=O) groups excluding carboxylic acids is 6. The van der Waals surface area contributed by atoms with Crippen LogP contribution in [0, 0.1) is 28.6 Å². The molecular formula is C65H102O12. The van der Waals surface area contributed by atoms with Crippen molar-refractivity contribution < 1.29 is 57.2 Å². The van der Waals surface area contributed by atoms with Crippen LogP contribution < -0.4 is 4.74 Å². The topological polar surface area (TPSA) is 158 Å². The molecule has 434 valence electrons. The van der Waals surface area contributed by atoms with Crippen LogP contribution in [0.1, 0.15) is 271 Å². The minimum atomic E-state index is -1.09. The molecule has 0 heterocycles. The Morgan fingerprint density at radius 3 is 1.57 bits per heavy atom. The summed E-state index contributed by atoms with van der Waals surface area (Å²) in [6, 6.07) is 6.45. The van der Waals surface area contributed by atoms with E-state index in [0.717, 1.165) is 83.5 Å². The van der Waals surface area contributed by atoms with Gasteiger partial charge in [0.1, 0.15) is 38.1 Å². The molecule has 0 spiro atoms. The second-order valence-electron chi connectivity index (χ2n) is 24.0. The van der Waals surface area contributed by atoms with Crippen LogP contribution in [0.3, 0.4) is 0 Å². The van der Waals surface area contributed by atoms with Gasteiger partial charge in [0.05, 0.1) is 0 Å². The van der Waals surface area contributed by atoms with Crippen LogP contribution in [0.25, 0.3) is 0 Å². The summed E-state index contributed by atoms with van der Waals surface area (Å²) in [4.78, 5) is 76.8. The van der Waals surface area contributed by atoms with E-state index in [2.05, 4.69) is 27.7 Å². The summed E-state index contributed by atoms with van der Waals surface area (Å²) in [5, 5.41) is 0. The van der Waals surface area contributed by atoms with Gasteiger partial charge in [-0.2, -0.15) is 0 Å². The average molecular weight is 1080 g/mol. The van der Waals surface area contributed by atoms with Crippen molar-refractivity contribution in [2.75, 3.05) is 13.2 Å². The lowest BCUT2D eigenvalue weighted by atomic mass is 9.47. The second-order valence-corrected chi connectivity index (χ2v) is 24.0. The SMILES string of the molecule is CCCCCCCCCCCCCCCC(=O)OCC(COC(=O)CCCCCCCCCCCCCCC)OC(=O)CC(=O)Oc1ccc(COC(=O)O[C@H]2CC[C@H]3[C@@H]4CCC5=CC(=O)CC[C@]5(C)[C@H]4CC[C@]23C)cc1. The van der Waals surface area contributed by atoms with Crippen molar-refractivity contribution in [2.24, 2.45) is 28.6 Å². The van der Waals surface area contributed by atoms with E-state index in [4.69, 9.17) is 28.4 Å². The minimum absolute atomic E-state index is 0.0293. The summed E-state index contributed by atoms with van der Waals surface area (Å²) in [7, 11) is 0. The highest BCUT2D eigenvalue weighted by molar-refractivity contribution is 5.92. The highest BCUT2D eigenvalue weighted by Gasteiger charge is 2.60. The molecule has 5 rings (SSSR count). The van der Waals surface area contributed by atoms with E-state index in [1.807, 2.05) is 6.08 Å². The van der Waals surface area contributed by atoms with Crippen LogP contribution in [0.15, 0.2) is 35.9 Å². The van der Waals surface area contributed by atoms with Crippen molar-refractivity contribution in [3.8, 4) is 5.75 Å². The molecule has 0 aliphatic heterocycles. The number of fused-ring (bicyclic) bond motifs is 5. The lowest BCUT2D eigenvalue weighted by molar-refractivity contribution is -0.168. The van der Waals surface area contributed by atoms with Crippen LogP contribution in [0.5, 0.6) is 5.75 Å². The van der Waals surface area contributed by atoms with Crippen LogP contribution >= 0.6 is 0 Å². The van der Waals surface area contributed by atoms with Gasteiger partial charge in [-0.05, 0) is 105 Å². The highest BCUT2D eigenvalue weighted by atomic mass is 16.7. The predicted molar refractivity (Wildman–Crippen MR) is 301 cm³/mol. The number of hydrogen-bond acceptors (Lipinski definition) is 12. The van der Waals surface area contributed by atoms with Crippen molar-refractivity contribution in [3.05, 3.63) is 41.5 Å². The Morgan fingerprint density at radius 1 is 0.545 bits per heavy atom. The maximum atomic E-state index is 13.1. The Hall–Kier alpha value is -4.22. The molecule has 0 saturated heterocycles. The number of allylic oxidation sites excluding steroid dienone is 1. The van der Waals surface area contributed by atoms with E-state index in [-0.39, 0.29) is 61.1 Å². The quantitative estimate of drug-likeness (QED) is 0.0202. The smallest absolute Gasteiger partial charge is 0.462 e. The largest absolute Gasteiger partial charge is 0.508 e. The van der Waals surface area contributed by atoms with Gasteiger partial charge >= 0.3 is 30.0 Å². The zero-order valence-electron chi connectivity index (χ0n) is 48.5. The number of ketones is 1. The summed E-state index contributed by atoms with van der Waals surface area (Å²) >= 11 is 0. The van der Waals surface area contributed by atoms with Crippen molar-refractivity contribution >= 4 is 35.8 Å². The molecule has 0 bridgehead atoms. The number of ether oxygens (including phenoxy) is 6. The second kappa shape index (κ2) is 35.4. The standard InChI is InChI=1S/C65H102O12/c1-5-7-9-11-13-15-17-19-21-23-25-27-29-31-59(67)72-48-54(49-73-60(68)32-30-28-26-24-22-20-18-16-14-12-10-8-6-2)76-62(70)46-61(69)75-53-36-33-50(34-37-53)47-74-63(71)77-58-40-39-56-55-38-35-51-45-52(66)41-43-64(51,3)57(55)42-44-65(56,58)4/h33-34,36-37,45,54-58H,5-32,35,38-44,46-49H2,1-4H3/t55-,56-,57-,58-,64-,65-/m0/s1. The van der Waals surface area contributed by atoms with Gasteiger partial charge in [0.2, 0.25) is 0 Å². The Bertz CT molecular complexity index is 1910. The Balaban J connectivity index is 0.988. The average Bonchev–Trinajstić information content (AvgIpc) is 3.78. The lowest BCUT2D eigenvalue weighted by Crippen LogP contribution is -2.51. The molecule has 12 heteroatoms. The summed E-state index contributed by atoms with van der Waals surface area (Å²) in [6.45, 7) is 8.52. The van der Waals surface area contributed by atoms with Crippen molar-refractivity contribution in [1.82, 2.24) is 0 Å². The molecular weight excluding hydrogens is 973 g/mol. The van der Waals surface area contributed by atoms with E-state index in [0.29, 0.717) is 42.6 Å². The highest BCUT2D eigenvalue weighted by Crippen LogP contribution is 2.65. The third-order valence-corrected chi connectivity index (χ3v) is 18.0. The van der Waals surface area contributed by atoms with Gasteiger partial charge in [-0.3, -0.25) is 24.0 Å². The fourth-order valence-electron chi connectivity index (χ4n) is 13.4. The molecule has 1 aromatic rings. The molecule has 0 amide bonds. The van der Waals surface area contributed by atoms with Gasteiger partial charge in [-0.25, -0.2) is 4.79 Å². The minimum Gasteiger partial charge on any atom is -0.462 e. The number of unbranched alkanes of at least 4 members (excludes halogenated alkanes) is 24. The van der Waals surface area contributed by atoms with Crippen LogP contribution in [-0.2, 0) is 54.3 Å². The maximum Gasteiger partial charge on any atom is 0.508 e. The van der Waals surface area contributed by atoms with Gasteiger partial charge in [-0.1, -0.05) is 200 Å². The Labute approximate surface area is 464 Å². The van der Waals surface area contributed by atoms with E-state index in [9.17, 15) is 28.8 Å². The predicted octanol–water partition coefficient (Wildman–Crippen LogP) is 16.5. The van der Waals surface area contributed by atoms with Gasteiger partial charge in [0.15, 0.2) is 11.9 Å². The molecule has 3 saturated carbocycles. The van der Waals surface area contributed by atoms with E-state index < -0.39 is 42.6 Å². The summed E-state index contributed by atoms with van der Waals surface area (Å²) < 4.78 is 33.6. The molecule has 0 aromatic heterocycles. The van der Waals surface area contributed by atoms with E-state index >= 15 is 0 Å². The number of rotatable bonds is 39. The summed E-state index contributed by atoms with van der Waals surface area (Å²) in [5.41, 5.74) is 1.99. The molecule has 12 nitrogen and oxygen atoms in total. The number of carbonyl (C=O) groups is 6. The van der Waals surface area contributed by atoms with E-state index in [1.54, 1.807) is 24.3 Å². The zero-order valence-corrected chi connectivity index (χ0v) is 48.5. The first-order valence-electron chi connectivity index (χ1n) is 31.2. The van der Waals surface area contributed by atoms with Crippen LogP contribution in [-0.4, -0.2) is 61.2 Å². The van der Waals surface area contributed by atoms with Gasteiger partial charge in [0.25, 0.3) is 0 Å². The first kappa shape index (κ1) is 63.6. The molecule has 6 atom stereocenters. The molecule has 77 heavy (non-hydrogen) atoms. The Morgan fingerprint density at radius 2 is 1.05 bits per heavy atom. The third-order valence-electron chi connectivity index (χ3n) is 18.0. The monoisotopic (exact) mass is 1070 g/mol. The summed E-state index contributed by atoms with van der Waals surface area (Å²) in [6.07, 6.45) is 38.4. The molecule has 3 fully saturated rings. The van der Waals surface area contributed by atoms with Gasteiger partial charge < -0.3 is 28.4 Å². The normalized spacial score (nSPS) is 22.6. The van der Waals surface area contributed by atoms with Crippen molar-refractivity contribution in [1.29, 1.82) is 0 Å². The Kier molecular flexibility index (Phi) is 29.2. The molecule has 4 aliphatic carbocycles. The molecule has 0 unspecified atom stereocenters. The molecule has 1 aromatic carbocycles. The maximum absolute atomic E-state index is 13.1. The van der Waals surface area contributed by atoms with Gasteiger partial charge in [0, 0.05) is 24.7 Å².